The molecule has 0 saturated carbocycles. The highest BCUT2D eigenvalue weighted by atomic mass is 35.5. The number of nitrogens with one attached hydrogen (secondary N) is 1. The predicted octanol–water partition coefficient (Wildman–Crippen LogP) is 1.68. The highest BCUT2D eigenvalue weighted by Crippen LogP contribution is 2.31. The molecule has 0 bridgehead atoms. The molecule has 138 valence electrons. The lowest BCUT2D eigenvalue weighted by Crippen LogP contribution is -2.44. The average molecular weight is 368 g/mol. The largest absolute Gasteiger partial charge is 0.482 e. The molecule has 0 spiro atoms. The molecule has 3 rings (SSSR count). The van der Waals surface area contributed by atoms with E-state index in [4.69, 9.17) is 4.74 Å². The minimum Gasteiger partial charge on any atom is -0.482 e. The number of anilines is 1. The third-order valence-corrected chi connectivity index (χ3v) is 4.82. The zero-order chi connectivity index (χ0) is 16.9. The highest BCUT2D eigenvalue weighted by Gasteiger charge is 2.27. The Morgan fingerprint density at radius 2 is 2.00 bits per heavy atom. The van der Waals surface area contributed by atoms with Crippen molar-refractivity contribution in [3.63, 3.8) is 0 Å². The minimum absolute atomic E-state index is 0. The lowest BCUT2D eigenvalue weighted by molar-refractivity contribution is -0.132. The summed E-state index contributed by atoms with van der Waals surface area (Å²) in [5, 5.41) is 3.20. The van der Waals surface area contributed by atoms with Crippen LogP contribution < -0.4 is 15.0 Å². The van der Waals surface area contributed by atoms with E-state index in [0.29, 0.717) is 24.6 Å². The molecule has 2 heterocycles. The van der Waals surface area contributed by atoms with Crippen LogP contribution in [-0.2, 0) is 9.59 Å². The molecule has 0 unspecified atom stereocenters. The fourth-order valence-corrected chi connectivity index (χ4v) is 3.44. The molecule has 7 heteroatoms. The number of carbonyl (C=O) groups excluding carboxylic acids is 2. The molecule has 2 aliphatic heterocycles. The maximum absolute atomic E-state index is 12.5. The normalized spacial score (nSPS) is 17.6. The van der Waals surface area contributed by atoms with Gasteiger partial charge in [0.1, 0.15) is 5.75 Å². The number of hydrogen-bond donors (Lipinski definition) is 1. The third kappa shape index (κ3) is 4.64. The second-order valence-electron chi connectivity index (χ2n) is 6.43. The van der Waals surface area contributed by atoms with Gasteiger partial charge in [0.2, 0.25) is 5.91 Å². The number of likely N-dealkylation sites (tertiary alicyclic amines) is 1. The van der Waals surface area contributed by atoms with Gasteiger partial charge in [0.25, 0.3) is 5.91 Å². The van der Waals surface area contributed by atoms with Crippen molar-refractivity contribution in [2.24, 2.45) is 5.92 Å². The quantitative estimate of drug-likeness (QED) is 0.860. The first-order chi connectivity index (χ1) is 11.7. The number of para-hydroxylation sites is 2. The van der Waals surface area contributed by atoms with Gasteiger partial charge in [0.05, 0.1) is 5.69 Å². The average Bonchev–Trinajstić information content (AvgIpc) is 2.61. The van der Waals surface area contributed by atoms with Crippen LogP contribution in [-0.4, -0.2) is 56.5 Å². The lowest BCUT2D eigenvalue weighted by atomic mass is 9.96. The standard InChI is InChI=1S/C18H25N3O3.ClH/c1-19-12-14-6-9-20(10-7-14)17(22)8-11-21-15-4-2-3-5-16(15)24-13-18(21)23;/h2-5,14,19H,6-13H2,1H3;1H. The smallest absolute Gasteiger partial charge is 0.265 e. The Morgan fingerprint density at radius 3 is 2.72 bits per heavy atom. The number of halogens is 1. The van der Waals surface area contributed by atoms with E-state index in [2.05, 4.69) is 5.32 Å². The van der Waals surface area contributed by atoms with Gasteiger partial charge in [-0.25, -0.2) is 0 Å². The number of piperidine rings is 1. The highest BCUT2D eigenvalue weighted by molar-refractivity contribution is 5.98. The van der Waals surface area contributed by atoms with Gasteiger partial charge in [-0.1, -0.05) is 12.1 Å². The Hall–Kier alpha value is -1.79. The number of benzene rings is 1. The van der Waals surface area contributed by atoms with Crippen LogP contribution >= 0.6 is 12.4 Å². The van der Waals surface area contributed by atoms with Gasteiger partial charge < -0.3 is 19.9 Å². The zero-order valence-electron chi connectivity index (χ0n) is 14.6. The maximum atomic E-state index is 12.5. The van der Waals surface area contributed by atoms with Gasteiger partial charge in [-0.2, -0.15) is 0 Å². The van der Waals surface area contributed by atoms with Crippen LogP contribution in [0.2, 0.25) is 0 Å². The van der Waals surface area contributed by atoms with Crippen LogP contribution in [0.15, 0.2) is 24.3 Å². The number of nitrogens with zero attached hydrogens (tertiary/aromatic N) is 2. The van der Waals surface area contributed by atoms with Crippen molar-refractivity contribution >= 4 is 29.9 Å². The summed E-state index contributed by atoms with van der Waals surface area (Å²) in [4.78, 5) is 28.2. The van der Waals surface area contributed by atoms with Crippen LogP contribution in [0.25, 0.3) is 0 Å². The van der Waals surface area contributed by atoms with E-state index in [1.807, 2.05) is 36.2 Å². The maximum Gasteiger partial charge on any atom is 0.265 e. The molecular formula is C18H26ClN3O3. The number of carbonyl (C=O) groups is 2. The Labute approximate surface area is 154 Å². The Balaban J connectivity index is 0.00000225. The Kier molecular flexibility index (Phi) is 7.08. The van der Waals surface area contributed by atoms with Gasteiger partial charge in [-0.05, 0) is 44.5 Å². The molecule has 1 aromatic carbocycles. The van der Waals surface area contributed by atoms with Crippen molar-refractivity contribution in [2.75, 3.05) is 44.7 Å². The molecular weight excluding hydrogens is 342 g/mol. The van der Waals surface area contributed by atoms with Gasteiger partial charge in [-0.15, -0.1) is 12.4 Å². The first-order valence-corrected chi connectivity index (χ1v) is 8.63. The van der Waals surface area contributed by atoms with Crippen LogP contribution in [0.5, 0.6) is 5.75 Å². The minimum atomic E-state index is -0.0887. The zero-order valence-corrected chi connectivity index (χ0v) is 15.4. The van der Waals surface area contributed by atoms with Crippen molar-refractivity contribution in [1.82, 2.24) is 10.2 Å². The van der Waals surface area contributed by atoms with Crippen molar-refractivity contribution in [3.8, 4) is 5.75 Å². The molecule has 1 aromatic rings. The van der Waals surface area contributed by atoms with E-state index < -0.39 is 0 Å². The molecule has 25 heavy (non-hydrogen) atoms. The van der Waals surface area contributed by atoms with Gasteiger partial charge in [0, 0.05) is 26.1 Å². The molecule has 0 aromatic heterocycles. The predicted molar refractivity (Wildman–Crippen MR) is 99.4 cm³/mol. The third-order valence-electron chi connectivity index (χ3n) is 4.82. The molecule has 0 radical (unpaired) electrons. The molecule has 6 nitrogen and oxygen atoms in total. The van der Waals surface area contributed by atoms with Crippen LogP contribution in [0.1, 0.15) is 19.3 Å². The first kappa shape index (κ1) is 19.5. The van der Waals surface area contributed by atoms with E-state index in [-0.39, 0.29) is 30.8 Å². The van der Waals surface area contributed by atoms with Crippen molar-refractivity contribution in [3.05, 3.63) is 24.3 Å². The second kappa shape index (κ2) is 9.06. The molecule has 2 amide bonds. The molecule has 2 aliphatic rings. The summed E-state index contributed by atoms with van der Waals surface area (Å²) in [6.45, 7) is 3.11. The van der Waals surface area contributed by atoms with Gasteiger partial charge >= 0.3 is 0 Å². The van der Waals surface area contributed by atoms with Crippen LogP contribution in [0.3, 0.4) is 0 Å². The number of ether oxygens (including phenoxy) is 1. The molecule has 0 aliphatic carbocycles. The summed E-state index contributed by atoms with van der Waals surface area (Å²) in [6, 6.07) is 7.47. The Bertz CT molecular complexity index is 603. The van der Waals surface area contributed by atoms with Crippen LogP contribution in [0, 0.1) is 5.92 Å². The fraction of sp³-hybridized carbons (Fsp3) is 0.556. The first-order valence-electron chi connectivity index (χ1n) is 8.63. The monoisotopic (exact) mass is 367 g/mol. The number of amides is 2. The van der Waals surface area contributed by atoms with Gasteiger partial charge in [-0.3, -0.25) is 9.59 Å². The summed E-state index contributed by atoms with van der Waals surface area (Å²) >= 11 is 0. The Morgan fingerprint density at radius 1 is 1.28 bits per heavy atom. The summed E-state index contributed by atoms with van der Waals surface area (Å²) in [7, 11) is 1.97. The molecule has 1 N–H and O–H groups in total. The van der Waals surface area contributed by atoms with Crippen molar-refractivity contribution < 1.29 is 14.3 Å². The summed E-state index contributed by atoms with van der Waals surface area (Å²) in [5.41, 5.74) is 0.759. The van der Waals surface area contributed by atoms with Gasteiger partial charge in [0.15, 0.2) is 6.61 Å². The number of hydrogen-bond acceptors (Lipinski definition) is 4. The van der Waals surface area contributed by atoms with Crippen LogP contribution in [0.4, 0.5) is 5.69 Å². The van der Waals surface area contributed by atoms with E-state index in [1.165, 1.54) is 0 Å². The van der Waals surface area contributed by atoms with E-state index >= 15 is 0 Å². The second-order valence-corrected chi connectivity index (χ2v) is 6.43. The molecule has 1 saturated heterocycles. The summed E-state index contributed by atoms with van der Waals surface area (Å²) in [6.07, 6.45) is 2.45. The molecule has 0 atom stereocenters. The fourth-order valence-electron chi connectivity index (χ4n) is 3.44. The lowest BCUT2D eigenvalue weighted by Gasteiger charge is -2.33. The topological polar surface area (TPSA) is 61.9 Å². The summed E-state index contributed by atoms with van der Waals surface area (Å²) < 4.78 is 5.43. The molecule has 1 fully saturated rings. The van der Waals surface area contributed by atoms with Crippen molar-refractivity contribution in [2.45, 2.75) is 19.3 Å². The van der Waals surface area contributed by atoms with Crippen molar-refractivity contribution in [1.29, 1.82) is 0 Å². The number of fused-ring (bicyclic) bond motifs is 1. The van der Waals surface area contributed by atoms with E-state index in [0.717, 1.165) is 38.2 Å². The van der Waals surface area contributed by atoms with E-state index in [1.54, 1.807) is 4.90 Å². The number of rotatable bonds is 5. The van der Waals surface area contributed by atoms with E-state index in [9.17, 15) is 9.59 Å². The SMILES string of the molecule is CNCC1CCN(C(=O)CCN2C(=O)COc3ccccc32)CC1.Cl. The summed E-state index contributed by atoms with van der Waals surface area (Å²) in [5.74, 6) is 1.41.